The lowest BCUT2D eigenvalue weighted by molar-refractivity contribution is 0.332. The second-order valence-electron chi connectivity index (χ2n) is 12.4. The standard InChI is InChI=1S/C44H42N2/c1-42(2)25-26-43(3,4)38-27-28(20-23-37(38)42)29-21-22-36-34-17-8-7-15-32(34)30-13-5-6-14-31(30)33-16-9-10-18-35(33)40(36)41(29)44(46)24-12-11-19-39(44)45/h5-24,27,39H,25-26,45-46H2,1-4H3/i1D3,3D3,4D3,20D,23D,25D2,26D2,27D. The maximum absolute atomic E-state index is 10.0. The summed E-state index contributed by atoms with van der Waals surface area (Å²) in [6.45, 7) is -10.8. The lowest BCUT2D eigenvalue weighted by Gasteiger charge is -2.42. The Balaban J connectivity index is 1.65. The highest BCUT2D eigenvalue weighted by atomic mass is 14.9. The molecule has 2 heteroatoms. The molecule has 5 aromatic carbocycles. The van der Waals surface area contributed by atoms with Gasteiger partial charge in [-0.25, -0.2) is 0 Å². The van der Waals surface area contributed by atoms with Crippen molar-refractivity contribution in [1.29, 1.82) is 0 Å². The van der Waals surface area contributed by atoms with Crippen molar-refractivity contribution in [3.8, 4) is 55.6 Å². The quantitative estimate of drug-likeness (QED) is 0.204. The van der Waals surface area contributed by atoms with Crippen molar-refractivity contribution in [2.75, 3.05) is 0 Å². The number of nitrogens with two attached hydrogens (primary N) is 2. The smallest absolute Gasteiger partial charge is 0.0800 e. The van der Waals surface area contributed by atoms with Crippen molar-refractivity contribution < 1.29 is 21.9 Å². The van der Waals surface area contributed by atoms with Crippen LogP contribution in [-0.4, -0.2) is 6.04 Å². The van der Waals surface area contributed by atoms with Crippen LogP contribution in [-0.2, 0) is 16.4 Å². The molecule has 0 spiro atoms. The summed E-state index contributed by atoms with van der Waals surface area (Å²) in [4.78, 5) is 0. The van der Waals surface area contributed by atoms with Crippen molar-refractivity contribution in [2.24, 2.45) is 11.5 Å². The lowest BCUT2D eigenvalue weighted by Crippen LogP contribution is -2.51. The van der Waals surface area contributed by atoms with Crippen molar-refractivity contribution in [3.63, 3.8) is 0 Å². The lowest BCUT2D eigenvalue weighted by atomic mass is 9.62. The molecule has 0 saturated carbocycles. The molecule has 3 unspecified atom stereocenters. The van der Waals surface area contributed by atoms with Gasteiger partial charge in [-0.2, -0.15) is 0 Å². The van der Waals surface area contributed by atoms with E-state index < -0.39 is 90.5 Å². The van der Waals surface area contributed by atoms with Crippen LogP contribution in [0.1, 0.15) is 78.8 Å². The Morgan fingerprint density at radius 3 is 1.83 bits per heavy atom. The molecule has 0 aliphatic heterocycles. The third-order valence-electron chi connectivity index (χ3n) is 9.37. The van der Waals surface area contributed by atoms with E-state index in [-0.39, 0.29) is 11.1 Å². The maximum atomic E-state index is 10.0. The van der Waals surface area contributed by atoms with Gasteiger partial charge in [0.1, 0.15) is 0 Å². The highest BCUT2D eigenvalue weighted by Crippen LogP contribution is 2.54. The van der Waals surface area contributed by atoms with E-state index >= 15 is 0 Å². The molecule has 3 aliphatic carbocycles. The summed E-state index contributed by atoms with van der Waals surface area (Å²) in [5.41, 5.74) is 8.89. The van der Waals surface area contributed by atoms with Gasteiger partial charge in [-0.15, -0.1) is 0 Å². The van der Waals surface area contributed by atoms with Gasteiger partial charge in [0, 0.05) is 23.9 Å². The zero-order valence-corrected chi connectivity index (χ0v) is 25.1. The van der Waals surface area contributed by atoms with Crippen LogP contribution in [0.3, 0.4) is 0 Å². The van der Waals surface area contributed by atoms with Gasteiger partial charge >= 0.3 is 0 Å². The van der Waals surface area contributed by atoms with Crippen LogP contribution >= 0.6 is 0 Å². The molecule has 0 fully saturated rings. The SMILES string of the molecule is [2H]c1c([2H])c2c(c([2H])c1-c1ccc3c(c1C1(N)C=CC=CC1N)-c1ccccc1-c1ccccc1-c1ccccc1-3)C(C([2H])([2H])[2H])(C([2H])([2H])[2H])C([2H])([2H])C([2H])([2H])C2(C)C([2H])([2H])[2H]. The van der Waals surface area contributed by atoms with Crippen LogP contribution in [0.4, 0.5) is 0 Å². The van der Waals surface area contributed by atoms with Crippen molar-refractivity contribution in [2.45, 2.75) is 62.6 Å². The van der Waals surface area contributed by atoms with Crippen LogP contribution < -0.4 is 11.5 Å². The molecule has 4 N–H and O–H groups in total. The summed E-state index contributed by atoms with van der Waals surface area (Å²) < 4.78 is 145. The first-order chi connectivity index (χ1) is 28.7. The molecule has 46 heavy (non-hydrogen) atoms. The third kappa shape index (κ3) is 4.24. The summed E-state index contributed by atoms with van der Waals surface area (Å²) in [5, 5.41) is 0. The van der Waals surface area contributed by atoms with Gasteiger partial charge in [-0.05, 0) is 95.9 Å². The van der Waals surface area contributed by atoms with Crippen molar-refractivity contribution >= 4 is 0 Å². The molecular weight excluding hydrogens is 556 g/mol. The Kier molecular flexibility index (Phi) is 3.65. The molecule has 228 valence electrons. The highest BCUT2D eigenvalue weighted by molar-refractivity contribution is 6.05. The summed E-state index contributed by atoms with van der Waals surface area (Å²) in [6, 6.07) is 22.3. The van der Waals surface area contributed by atoms with Gasteiger partial charge in [0.2, 0.25) is 0 Å². The van der Waals surface area contributed by atoms with Gasteiger partial charge in [-0.3, -0.25) is 0 Å². The first-order valence-electron chi connectivity index (χ1n) is 23.2. The Labute approximate surface area is 296 Å². The second kappa shape index (κ2) is 10.3. The van der Waals surface area contributed by atoms with Crippen LogP contribution in [0.15, 0.2) is 127 Å². The Bertz CT molecular complexity index is 2740. The minimum absolute atomic E-state index is 0.0520. The van der Waals surface area contributed by atoms with E-state index in [0.717, 1.165) is 34.7 Å². The van der Waals surface area contributed by atoms with Gasteiger partial charge < -0.3 is 11.5 Å². The second-order valence-corrected chi connectivity index (χ2v) is 12.4. The largest absolute Gasteiger partial charge is 0.322 e. The molecule has 0 radical (unpaired) electrons. The molecule has 8 rings (SSSR count). The van der Waals surface area contributed by atoms with E-state index in [9.17, 15) is 6.85 Å². The van der Waals surface area contributed by atoms with E-state index in [1.807, 2.05) is 72.8 Å². The third-order valence-corrected chi connectivity index (χ3v) is 9.37. The molecule has 0 heterocycles. The predicted molar refractivity (Wildman–Crippen MR) is 195 cm³/mol. The number of hydrogen-bond acceptors (Lipinski definition) is 2. The van der Waals surface area contributed by atoms with E-state index in [0.29, 0.717) is 16.7 Å². The fourth-order valence-corrected chi connectivity index (χ4v) is 7.07. The van der Waals surface area contributed by atoms with Crippen molar-refractivity contribution in [1.82, 2.24) is 0 Å². The molecule has 3 aliphatic rings. The average molecular weight is 615 g/mol. The molecule has 3 atom stereocenters. The van der Waals surface area contributed by atoms with Crippen LogP contribution in [0, 0.1) is 0 Å². The molecule has 0 aromatic heterocycles. The van der Waals surface area contributed by atoms with Crippen LogP contribution in [0.5, 0.6) is 0 Å². The molecule has 0 amide bonds. The monoisotopic (exact) mass is 614 g/mol. The van der Waals surface area contributed by atoms with Crippen LogP contribution in [0.2, 0.25) is 0 Å². The molecule has 5 aromatic rings. The van der Waals surface area contributed by atoms with E-state index in [1.54, 1.807) is 30.4 Å². The summed E-state index contributed by atoms with van der Waals surface area (Å²) in [7, 11) is 0. The number of rotatable bonds is 2. The fourth-order valence-electron chi connectivity index (χ4n) is 7.07. The number of benzene rings is 5. The first kappa shape index (κ1) is 16.4. The van der Waals surface area contributed by atoms with Gasteiger partial charge in [-0.1, -0.05) is 155 Å². The minimum atomic E-state index is -4.07. The van der Waals surface area contributed by atoms with E-state index in [2.05, 4.69) is 0 Å². The average Bonchev–Trinajstić information content (AvgIpc) is 3.18. The highest BCUT2D eigenvalue weighted by Gasteiger charge is 2.40. The van der Waals surface area contributed by atoms with Crippen LogP contribution in [0.25, 0.3) is 55.6 Å². The van der Waals surface area contributed by atoms with Gasteiger partial charge in [0.25, 0.3) is 0 Å². The summed E-state index contributed by atoms with van der Waals surface area (Å²) >= 11 is 0. The Hall–Kier alpha value is -4.50. The zero-order chi connectivity index (χ0) is 45.5. The molecular formula is C44H42N2. The fraction of sp³-hybridized carbons (Fsp3) is 0.227. The topological polar surface area (TPSA) is 52.0 Å². The normalized spacial score (nSPS) is 31.8. The maximum Gasteiger partial charge on any atom is 0.0800 e. The summed E-state index contributed by atoms with van der Waals surface area (Å²) in [6.07, 6.45) is -1.26. The number of fused-ring (bicyclic) bond motifs is 9. The van der Waals surface area contributed by atoms with E-state index in [4.69, 9.17) is 26.5 Å². The molecule has 2 nitrogen and oxygen atoms in total. The first-order valence-corrected chi connectivity index (χ1v) is 15.2. The van der Waals surface area contributed by atoms with E-state index in [1.165, 1.54) is 6.07 Å². The minimum Gasteiger partial charge on any atom is -0.322 e. The zero-order valence-electron chi connectivity index (χ0n) is 41.1. The summed E-state index contributed by atoms with van der Waals surface area (Å²) in [5.74, 6) is 0. The Morgan fingerprint density at radius 1 is 0.674 bits per heavy atom. The van der Waals surface area contributed by atoms with Crippen molar-refractivity contribution in [3.05, 3.63) is 144 Å². The molecule has 0 saturated heterocycles. The van der Waals surface area contributed by atoms with Gasteiger partial charge in [0.05, 0.1) is 9.65 Å². The predicted octanol–water partition coefficient (Wildman–Crippen LogP) is 10.3. The Morgan fingerprint density at radius 2 is 1.22 bits per heavy atom. The van der Waals surface area contributed by atoms with Gasteiger partial charge in [0.15, 0.2) is 0 Å². The molecule has 0 bridgehead atoms. The number of hydrogen-bond donors (Lipinski definition) is 2. The number of allylic oxidation sites excluding steroid dienone is 2.